The van der Waals surface area contributed by atoms with E-state index in [0.29, 0.717) is 17.0 Å². The Bertz CT molecular complexity index is 1290. The van der Waals surface area contributed by atoms with Crippen LogP contribution < -0.4 is 15.5 Å². The van der Waals surface area contributed by atoms with Crippen molar-refractivity contribution in [3.05, 3.63) is 90.0 Å². The summed E-state index contributed by atoms with van der Waals surface area (Å²) in [4.78, 5) is 23.9. The van der Waals surface area contributed by atoms with Gasteiger partial charge in [0.25, 0.3) is 5.91 Å². The van der Waals surface area contributed by atoms with Gasteiger partial charge in [-0.05, 0) is 42.0 Å². The van der Waals surface area contributed by atoms with Gasteiger partial charge in [0.1, 0.15) is 5.75 Å². The third-order valence-corrected chi connectivity index (χ3v) is 6.67. The quantitative estimate of drug-likeness (QED) is 0.332. The standard InChI is InChI=1S/C25H26N4O5S/c1-19(30)27-22-12-14-23(15-13-22)35(32,33)29(17-20-8-4-3-5-9-20)18-25(31)28-26-16-21-10-6-7-11-24(21)34-2/h3-16H,17-18H2,1-2H3,(H,27,30)(H,28,31)/b26-16-. The van der Waals surface area contributed by atoms with Crippen LogP contribution in [-0.4, -0.2) is 44.4 Å². The van der Waals surface area contributed by atoms with Crippen LogP contribution in [-0.2, 0) is 26.2 Å². The molecule has 0 heterocycles. The van der Waals surface area contributed by atoms with Crippen molar-refractivity contribution in [1.29, 1.82) is 0 Å². The first-order chi connectivity index (χ1) is 16.8. The summed E-state index contributed by atoms with van der Waals surface area (Å²) in [6.07, 6.45) is 1.42. The van der Waals surface area contributed by atoms with E-state index in [-0.39, 0.29) is 17.3 Å². The molecule has 3 rings (SSSR count). The zero-order chi connectivity index (χ0) is 25.3. The third kappa shape index (κ3) is 7.23. The maximum Gasteiger partial charge on any atom is 0.255 e. The highest BCUT2D eigenvalue weighted by molar-refractivity contribution is 7.89. The fraction of sp³-hybridized carbons (Fsp3) is 0.160. The molecular weight excluding hydrogens is 468 g/mol. The van der Waals surface area contributed by atoms with Crippen molar-refractivity contribution in [3.63, 3.8) is 0 Å². The van der Waals surface area contributed by atoms with Gasteiger partial charge in [0.05, 0.1) is 24.8 Å². The van der Waals surface area contributed by atoms with Gasteiger partial charge < -0.3 is 10.1 Å². The molecule has 0 saturated carbocycles. The first kappa shape index (κ1) is 25.6. The summed E-state index contributed by atoms with van der Waals surface area (Å²) >= 11 is 0. The van der Waals surface area contributed by atoms with E-state index in [1.807, 2.05) is 12.1 Å². The number of carbonyl (C=O) groups excluding carboxylic acids is 2. The Morgan fingerprint density at radius 3 is 2.29 bits per heavy atom. The van der Waals surface area contributed by atoms with Crippen molar-refractivity contribution < 1.29 is 22.7 Å². The highest BCUT2D eigenvalue weighted by atomic mass is 32.2. The van der Waals surface area contributed by atoms with E-state index in [2.05, 4.69) is 15.8 Å². The average molecular weight is 495 g/mol. The lowest BCUT2D eigenvalue weighted by atomic mass is 10.2. The number of hydrazone groups is 1. The van der Waals surface area contributed by atoms with E-state index in [1.165, 1.54) is 44.5 Å². The number of rotatable bonds is 10. The van der Waals surface area contributed by atoms with Crippen molar-refractivity contribution in [2.75, 3.05) is 19.0 Å². The largest absolute Gasteiger partial charge is 0.496 e. The minimum absolute atomic E-state index is 0.00661. The van der Waals surface area contributed by atoms with E-state index in [0.717, 1.165) is 9.87 Å². The van der Waals surface area contributed by atoms with E-state index >= 15 is 0 Å². The van der Waals surface area contributed by atoms with Gasteiger partial charge in [-0.15, -0.1) is 0 Å². The molecule has 0 radical (unpaired) electrons. The SMILES string of the molecule is COc1ccccc1/C=N\NC(=O)CN(Cc1ccccc1)S(=O)(=O)c1ccc(NC(C)=O)cc1. The summed E-state index contributed by atoms with van der Waals surface area (Å²) in [7, 11) is -2.51. The molecule has 0 fully saturated rings. The first-order valence-corrected chi connectivity index (χ1v) is 12.1. The van der Waals surface area contributed by atoms with Gasteiger partial charge >= 0.3 is 0 Å². The molecule has 0 unspecified atom stereocenters. The Hall–Kier alpha value is -4.02. The highest BCUT2D eigenvalue weighted by Gasteiger charge is 2.27. The van der Waals surface area contributed by atoms with Gasteiger partial charge in [-0.3, -0.25) is 9.59 Å². The van der Waals surface area contributed by atoms with Gasteiger partial charge in [0.15, 0.2) is 0 Å². The Morgan fingerprint density at radius 1 is 0.971 bits per heavy atom. The summed E-state index contributed by atoms with van der Waals surface area (Å²) < 4.78 is 33.1. The summed E-state index contributed by atoms with van der Waals surface area (Å²) in [5.74, 6) is -0.288. The number of methoxy groups -OCH3 is 1. The van der Waals surface area contributed by atoms with Gasteiger partial charge in [0.2, 0.25) is 15.9 Å². The Kier molecular flexibility index (Phi) is 8.71. The molecule has 2 amide bonds. The molecule has 182 valence electrons. The number of para-hydroxylation sites is 1. The van der Waals surface area contributed by atoms with Gasteiger partial charge in [-0.2, -0.15) is 9.41 Å². The number of carbonyl (C=O) groups is 2. The maximum atomic E-state index is 13.4. The summed E-state index contributed by atoms with van der Waals surface area (Å²) in [6.45, 7) is 0.898. The molecule has 0 aromatic heterocycles. The average Bonchev–Trinajstić information content (AvgIpc) is 2.84. The minimum atomic E-state index is -4.04. The molecule has 10 heteroatoms. The normalized spacial score (nSPS) is 11.4. The van der Waals surface area contributed by atoms with Gasteiger partial charge in [-0.25, -0.2) is 13.8 Å². The minimum Gasteiger partial charge on any atom is -0.496 e. The number of hydrogen-bond donors (Lipinski definition) is 2. The molecule has 9 nitrogen and oxygen atoms in total. The molecule has 35 heavy (non-hydrogen) atoms. The molecule has 3 aromatic carbocycles. The zero-order valence-electron chi connectivity index (χ0n) is 19.3. The van der Waals surface area contributed by atoms with E-state index in [4.69, 9.17) is 4.74 Å². The number of amides is 2. The summed E-state index contributed by atoms with van der Waals surface area (Å²) in [6, 6.07) is 21.9. The molecule has 0 spiro atoms. The van der Waals surface area contributed by atoms with Crippen molar-refractivity contribution in [2.45, 2.75) is 18.4 Å². The monoisotopic (exact) mass is 494 g/mol. The number of nitrogens with one attached hydrogen (secondary N) is 2. The van der Waals surface area contributed by atoms with Crippen LogP contribution in [0, 0.1) is 0 Å². The molecule has 0 atom stereocenters. The highest BCUT2D eigenvalue weighted by Crippen LogP contribution is 2.21. The topological polar surface area (TPSA) is 117 Å². The number of anilines is 1. The fourth-order valence-corrected chi connectivity index (χ4v) is 4.60. The first-order valence-electron chi connectivity index (χ1n) is 10.7. The van der Waals surface area contributed by atoms with Crippen LogP contribution >= 0.6 is 0 Å². The van der Waals surface area contributed by atoms with Crippen LogP contribution in [0.25, 0.3) is 0 Å². The lowest BCUT2D eigenvalue weighted by molar-refractivity contribution is -0.121. The smallest absolute Gasteiger partial charge is 0.255 e. The Morgan fingerprint density at radius 2 is 1.63 bits per heavy atom. The van der Waals surface area contributed by atoms with Crippen molar-refractivity contribution in [1.82, 2.24) is 9.73 Å². The molecule has 0 aliphatic carbocycles. The summed E-state index contributed by atoms with van der Waals surface area (Å²) in [5, 5.41) is 6.53. The van der Waals surface area contributed by atoms with Crippen LogP contribution in [0.15, 0.2) is 88.9 Å². The number of hydrogen-bond acceptors (Lipinski definition) is 6. The molecule has 0 saturated heterocycles. The van der Waals surface area contributed by atoms with Crippen LogP contribution in [0.1, 0.15) is 18.1 Å². The lowest BCUT2D eigenvalue weighted by Crippen LogP contribution is -2.39. The predicted octanol–water partition coefficient (Wildman–Crippen LogP) is 2.99. The summed E-state index contributed by atoms with van der Waals surface area (Å²) in [5.41, 5.74) is 4.22. The second-order valence-electron chi connectivity index (χ2n) is 7.50. The molecule has 0 aliphatic heterocycles. The molecule has 0 aliphatic rings. The van der Waals surface area contributed by atoms with Crippen LogP contribution in [0.2, 0.25) is 0 Å². The number of sulfonamides is 1. The Balaban J connectivity index is 1.79. The second-order valence-corrected chi connectivity index (χ2v) is 9.44. The van der Waals surface area contributed by atoms with Gasteiger partial charge in [-0.1, -0.05) is 42.5 Å². The number of benzene rings is 3. The number of ether oxygens (including phenoxy) is 1. The van der Waals surface area contributed by atoms with Crippen molar-refractivity contribution in [3.8, 4) is 5.75 Å². The molecular formula is C25H26N4O5S. The molecule has 3 aromatic rings. The fourth-order valence-electron chi connectivity index (χ4n) is 3.22. The second kappa shape index (κ2) is 11.9. The van der Waals surface area contributed by atoms with Crippen LogP contribution in [0.4, 0.5) is 5.69 Å². The van der Waals surface area contributed by atoms with Crippen LogP contribution in [0.3, 0.4) is 0 Å². The molecule has 0 bridgehead atoms. The van der Waals surface area contributed by atoms with E-state index < -0.39 is 22.5 Å². The number of nitrogens with zero attached hydrogens (tertiary/aromatic N) is 2. The Labute approximate surface area is 204 Å². The van der Waals surface area contributed by atoms with Crippen molar-refractivity contribution >= 4 is 33.7 Å². The predicted molar refractivity (Wildman–Crippen MR) is 134 cm³/mol. The molecule has 2 N–H and O–H groups in total. The van der Waals surface area contributed by atoms with Gasteiger partial charge in [0, 0.05) is 24.7 Å². The van der Waals surface area contributed by atoms with E-state index in [9.17, 15) is 18.0 Å². The lowest BCUT2D eigenvalue weighted by Gasteiger charge is -2.21. The maximum absolute atomic E-state index is 13.4. The third-order valence-electron chi connectivity index (χ3n) is 4.87. The van der Waals surface area contributed by atoms with Crippen molar-refractivity contribution in [2.24, 2.45) is 5.10 Å². The zero-order valence-corrected chi connectivity index (χ0v) is 20.2. The van der Waals surface area contributed by atoms with E-state index in [1.54, 1.807) is 42.5 Å². The van der Waals surface area contributed by atoms with Crippen LogP contribution in [0.5, 0.6) is 5.75 Å².